The van der Waals surface area contributed by atoms with Crippen molar-refractivity contribution in [1.82, 2.24) is 0 Å². The lowest BCUT2D eigenvalue weighted by Gasteiger charge is -2.17. The van der Waals surface area contributed by atoms with Gasteiger partial charge in [-0.1, -0.05) is 0 Å². The fraction of sp³-hybridized carbons (Fsp3) is 0.235. The average molecular weight is 317 g/mol. The summed E-state index contributed by atoms with van der Waals surface area (Å²) in [6.45, 7) is 0. The summed E-state index contributed by atoms with van der Waals surface area (Å²) in [5, 5.41) is 0. The van der Waals surface area contributed by atoms with Crippen LogP contribution >= 0.6 is 0 Å². The predicted octanol–water partition coefficient (Wildman–Crippen LogP) is 2.49. The van der Waals surface area contributed by atoms with Crippen molar-refractivity contribution in [3.05, 3.63) is 35.9 Å². The van der Waals surface area contributed by atoms with Crippen molar-refractivity contribution in [2.75, 3.05) is 28.4 Å². The summed E-state index contributed by atoms with van der Waals surface area (Å²) in [7, 11) is 6.16. The quantitative estimate of drug-likeness (QED) is 0.885. The van der Waals surface area contributed by atoms with Gasteiger partial charge in [-0.25, -0.2) is 0 Å². The number of primary amides is 1. The molecule has 1 amide bonds. The molecule has 0 aliphatic rings. The van der Waals surface area contributed by atoms with Crippen LogP contribution in [0.4, 0.5) is 0 Å². The summed E-state index contributed by atoms with van der Waals surface area (Å²) in [6.07, 6.45) is 0. The van der Waals surface area contributed by atoms with Crippen LogP contribution in [0, 0.1) is 0 Å². The summed E-state index contributed by atoms with van der Waals surface area (Å²) >= 11 is 0. The van der Waals surface area contributed by atoms with Crippen molar-refractivity contribution in [1.29, 1.82) is 0 Å². The Balaban J connectivity index is 2.75. The van der Waals surface area contributed by atoms with Crippen LogP contribution in [0.3, 0.4) is 0 Å². The van der Waals surface area contributed by atoms with Gasteiger partial charge in [0.25, 0.3) is 0 Å². The Bertz CT molecular complexity index is 727. The number of methoxy groups -OCH3 is 4. The van der Waals surface area contributed by atoms with Gasteiger partial charge >= 0.3 is 0 Å². The predicted molar refractivity (Wildman–Crippen MR) is 86.6 cm³/mol. The van der Waals surface area contributed by atoms with Crippen LogP contribution in [0.5, 0.6) is 23.0 Å². The first-order valence-corrected chi connectivity index (χ1v) is 6.84. The Morgan fingerprint density at radius 3 is 1.91 bits per heavy atom. The number of nitrogens with two attached hydrogens (primary N) is 1. The van der Waals surface area contributed by atoms with Gasteiger partial charge in [0.1, 0.15) is 5.75 Å². The van der Waals surface area contributed by atoms with Crippen molar-refractivity contribution in [3.8, 4) is 34.1 Å². The third-order valence-electron chi connectivity index (χ3n) is 3.48. The first-order valence-electron chi connectivity index (χ1n) is 6.84. The van der Waals surface area contributed by atoms with E-state index in [4.69, 9.17) is 24.7 Å². The van der Waals surface area contributed by atoms with Crippen LogP contribution < -0.4 is 24.7 Å². The fourth-order valence-corrected chi connectivity index (χ4v) is 2.39. The number of hydrogen-bond acceptors (Lipinski definition) is 5. The van der Waals surface area contributed by atoms with Crippen LogP contribution in [0.1, 0.15) is 10.4 Å². The van der Waals surface area contributed by atoms with Crippen molar-refractivity contribution in [3.63, 3.8) is 0 Å². The first kappa shape index (κ1) is 16.5. The second-order valence-electron chi connectivity index (χ2n) is 4.66. The van der Waals surface area contributed by atoms with E-state index in [0.717, 1.165) is 0 Å². The van der Waals surface area contributed by atoms with Crippen molar-refractivity contribution < 1.29 is 23.7 Å². The lowest BCUT2D eigenvalue weighted by molar-refractivity contribution is 0.100. The molecule has 2 aromatic carbocycles. The third kappa shape index (κ3) is 3.01. The van der Waals surface area contributed by atoms with Crippen LogP contribution in [0.2, 0.25) is 0 Å². The average Bonchev–Trinajstić information content (AvgIpc) is 2.59. The third-order valence-corrected chi connectivity index (χ3v) is 3.48. The van der Waals surface area contributed by atoms with Crippen LogP contribution in [-0.2, 0) is 0 Å². The minimum Gasteiger partial charge on any atom is -0.496 e. The number of benzene rings is 2. The molecular weight excluding hydrogens is 298 g/mol. The van der Waals surface area contributed by atoms with E-state index < -0.39 is 5.91 Å². The zero-order valence-electron chi connectivity index (χ0n) is 13.5. The summed E-state index contributed by atoms with van der Waals surface area (Å²) < 4.78 is 21.5. The molecule has 0 radical (unpaired) electrons. The van der Waals surface area contributed by atoms with E-state index in [1.165, 1.54) is 14.2 Å². The number of carbonyl (C=O) groups excluding carboxylic acids is 1. The topological polar surface area (TPSA) is 80.0 Å². The SMILES string of the molecule is COc1ccc(C(N)=O)cc1-c1ccc(OC)c(OC)c1OC. The molecule has 6 nitrogen and oxygen atoms in total. The molecule has 0 aliphatic carbocycles. The molecule has 2 rings (SSSR count). The molecule has 0 aromatic heterocycles. The van der Waals surface area contributed by atoms with Crippen LogP contribution in [-0.4, -0.2) is 34.3 Å². The summed E-state index contributed by atoms with van der Waals surface area (Å²) in [5.41, 5.74) is 7.11. The molecule has 0 saturated carbocycles. The van der Waals surface area contributed by atoms with E-state index in [2.05, 4.69) is 0 Å². The van der Waals surface area contributed by atoms with Gasteiger partial charge < -0.3 is 24.7 Å². The Labute approximate surface area is 134 Å². The van der Waals surface area contributed by atoms with Gasteiger partial charge in [-0.15, -0.1) is 0 Å². The number of hydrogen-bond donors (Lipinski definition) is 1. The van der Waals surface area contributed by atoms with Gasteiger partial charge in [0, 0.05) is 16.7 Å². The second kappa shape index (κ2) is 6.91. The largest absolute Gasteiger partial charge is 0.496 e. The van der Waals surface area contributed by atoms with E-state index in [-0.39, 0.29) is 0 Å². The molecule has 0 atom stereocenters. The molecule has 0 heterocycles. The normalized spacial score (nSPS) is 10.1. The molecule has 0 unspecified atom stereocenters. The van der Waals surface area contributed by atoms with E-state index in [9.17, 15) is 4.79 Å². The molecule has 0 aliphatic heterocycles. The molecule has 0 fully saturated rings. The maximum Gasteiger partial charge on any atom is 0.248 e. The smallest absolute Gasteiger partial charge is 0.248 e. The van der Waals surface area contributed by atoms with Gasteiger partial charge in [-0.05, 0) is 30.3 Å². The highest BCUT2D eigenvalue weighted by Gasteiger charge is 2.20. The lowest BCUT2D eigenvalue weighted by atomic mass is 9.99. The first-order chi connectivity index (χ1) is 11.1. The summed E-state index contributed by atoms with van der Waals surface area (Å²) in [5.74, 6) is 1.54. The molecule has 122 valence electrons. The van der Waals surface area contributed by atoms with Gasteiger partial charge in [0.15, 0.2) is 11.5 Å². The Morgan fingerprint density at radius 2 is 1.39 bits per heavy atom. The van der Waals surface area contributed by atoms with E-state index in [1.54, 1.807) is 38.5 Å². The maximum absolute atomic E-state index is 11.5. The lowest BCUT2D eigenvalue weighted by Crippen LogP contribution is -2.11. The molecule has 2 aromatic rings. The highest BCUT2D eigenvalue weighted by Crippen LogP contribution is 2.46. The Kier molecular flexibility index (Phi) is 4.95. The molecule has 23 heavy (non-hydrogen) atoms. The molecule has 0 bridgehead atoms. The number of carbonyl (C=O) groups is 1. The second-order valence-corrected chi connectivity index (χ2v) is 4.66. The van der Waals surface area contributed by atoms with Gasteiger partial charge in [-0.3, -0.25) is 4.79 Å². The summed E-state index contributed by atoms with van der Waals surface area (Å²) in [6, 6.07) is 8.52. The standard InChI is InChI=1S/C17H19NO5/c1-20-13-7-5-10(17(18)19)9-12(13)11-6-8-14(21-2)16(23-4)15(11)22-3/h5-9H,1-4H3,(H2,18,19). The van der Waals surface area contributed by atoms with Crippen LogP contribution in [0.25, 0.3) is 11.1 Å². The van der Waals surface area contributed by atoms with Crippen LogP contribution in [0.15, 0.2) is 30.3 Å². The molecule has 0 spiro atoms. The van der Waals surface area contributed by atoms with Gasteiger partial charge in [0.2, 0.25) is 11.7 Å². The van der Waals surface area contributed by atoms with Crippen molar-refractivity contribution in [2.24, 2.45) is 5.73 Å². The molecular formula is C17H19NO5. The van der Waals surface area contributed by atoms with Crippen molar-refractivity contribution in [2.45, 2.75) is 0 Å². The zero-order chi connectivity index (χ0) is 17.0. The molecule has 6 heteroatoms. The summed E-state index contributed by atoms with van der Waals surface area (Å²) in [4.78, 5) is 11.5. The Hall–Kier alpha value is -2.89. The van der Waals surface area contributed by atoms with Gasteiger partial charge in [-0.2, -0.15) is 0 Å². The number of amides is 1. The minimum absolute atomic E-state index is 0.373. The minimum atomic E-state index is -0.520. The van der Waals surface area contributed by atoms with Crippen molar-refractivity contribution >= 4 is 5.91 Å². The number of ether oxygens (including phenoxy) is 4. The maximum atomic E-state index is 11.5. The molecule has 0 saturated heterocycles. The highest BCUT2D eigenvalue weighted by molar-refractivity contribution is 5.95. The van der Waals surface area contributed by atoms with Gasteiger partial charge in [0.05, 0.1) is 28.4 Å². The number of rotatable bonds is 6. The van der Waals surface area contributed by atoms with E-state index >= 15 is 0 Å². The Morgan fingerprint density at radius 1 is 0.783 bits per heavy atom. The molecule has 2 N–H and O–H groups in total. The monoisotopic (exact) mass is 317 g/mol. The van der Waals surface area contributed by atoms with E-state index in [0.29, 0.717) is 39.7 Å². The highest BCUT2D eigenvalue weighted by atomic mass is 16.5. The fourth-order valence-electron chi connectivity index (χ4n) is 2.39. The van der Waals surface area contributed by atoms with E-state index in [1.807, 2.05) is 6.07 Å². The zero-order valence-corrected chi connectivity index (χ0v) is 13.5.